The maximum atomic E-state index is 10.2. The van der Waals surface area contributed by atoms with Crippen LogP contribution in [-0.4, -0.2) is 44.4 Å². The molecule has 1 atom stereocenters. The van der Waals surface area contributed by atoms with Crippen LogP contribution in [0.5, 0.6) is 0 Å². The largest absolute Gasteiger partial charge is 0.479 e. The van der Waals surface area contributed by atoms with Crippen LogP contribution in [-0.2, 0) is 14.4 Å². The lowest BCUT2D eigenvalue weighted by Gasteiger charge is -2.04. The molecule has 0 unspecified atom stereocenters. The van der Waals surface area contributed by atoms with Crippen LogP contribution in [0.2, 0.25) is 0 Å². The summed E-state index contributed by atoms with van der Waals surface area (Å²) in [6.07, 6.45) is -2.21. The van der Waals surface area contributed by atoms with Crippen LogP contribution in [0.3, 0.4) is 0 Å². The molecular weight excluding hydrogens is 184 g/mol. The molecule has 0 aliphatic carbocycles. The first-order valence-electron chi connectivity index (χ1n) is 2.95. The number of aliphatic hydroxyl groups excluding tert-OH is 1. The number of aliphatic carboxylic acids is 3. The van der Waals surface area contributed by atoms with E-state index in [4.69, 9.17) is 20.4 Å². The molecule has 7 heteroatoms. The molecule has 7 nitrogen and oxygen atoms in total. The summed E-state index contributed by atoms with van der Waals surface area (Å²) in [6.45, 7) is 0. The molecule has 0 heterocycles. The second-order valence-electron chi connectivity index (χ2n) is 1.98. The Balaban J connectivity index is 4.93. The van der Waals surface area contributed by atoms with Crippen LogP contribution in [0, 0.1) is 0 Å². The number of aliphatic hydroxyl groups is 1. The van der Waals surface area contributed by atoms with Gasteiger partial charge in [0.2, 0.25) is 0 Å². The molecule has 13 heavy (non-hydrogen) atoms. The first kappa shape index (κ1) is 11.1. The molecule has 0 aromatic heterocycles. The van der Waals surface area contributed by atoms with Gasteiger partial charge >= 0.3 is 17.9 Å². The molecule has 0 aromatic rings. The molecule has 4 N–H and O–H groups in total. The number of hydrogen-bond donors (Lipinski definition) is 4. The number of rotatable bonds is 4. The summed E-state index contributed by atoms with van der Waals surface area (Å²) in [5, 5.41) is 33.3. The van der Waals surface area contributed by atoms with Crippen molar-refractivity contribution in [2.24, 2.45) is 0 Å². The first-order chi connectivity index (χ1) is 5.86. The zero-order valence-corrected chi connectivity index (χ0v) is 6.17. The minimum absolute atomic E-state index is 0.126. The maximum absolute atomic E-state index is 10.2. The molecule has 0 saturated heterocycles. The molecule has 0 bridgehead atoms. The van der Waals surface area contributed by atoms with Gasteiger partial charge in [0.25, 0.3) is 0 Å². The molecule has 0 radical (unpaired) electrons. The van der Waals surface area contributed by atoms with E-state index in [1.807, 2.05) is 0 Å². The van der Waals surface area contributed by atoms with Crippen molar-refractivity contribution in [3.63, 3.8) is 0 Å². The van der Waals surface area contributed by atoms with Gasteiger partial charge in [-0.15, -0.1) is 0 Å². The number of carboxylic acids is 3. The van der Waals surface area contributed by atoms with Gasteiger partial charge in [-0.25, -0.2) is 14.4 Å². The van der Waals surface area contributed by atoms with E-state index >= 15 is 0 Å². The van der Waals surface area contributed by atoms with Gasteiger partial charge in [-0.2, -0.15) is 0 Å². The third-order valence-corrected chi connectivity index (χ3v) is 1.05. The van der Waals surface area contributed by atoms with Crippen LogP contribution in [0.25, 0.3) is 0 Å². The van der Waals surface area contributed by atoms with E-state index < -0.39 is 29.6 Å². The molecular formula is C6H6O7. The highest BCUT2D eigenvalue weighted by Crippen LogP contribution is 2.02. The Bertz CT molecular complexity index is 277. The quantitative estimate of drug-likeness (QED) is 0.397. The second-order valence-corrected chi connectivity index (χ2v) is 1.98. The van der Waals surface area contributed by atoms with Gasteiger partial charge in [0.1, 0.15) is 0 Å². The lowest BCUT2D eigenvalue weighted by Crippen LogP contribution is -2.27. The van der Waals surface area contributed by atoms with Crippen molar-refractivity contribution in [3.8, 4) is 0 Å². The van der Waals surface area contributed by atoms with Crippen molar-refractivity contribution in [2.75, 3.05) is 0 Å². The monoisotopic (exact) mass is 190 g/mol. The number of hydrogen-bond acceptors (Lipinski definition) is 4. The highest BCUT2D eigenvalue weighted by Gasteiger charge is 2.25. The van der Waals surface area contributed by atoms with E-state index in [0.29, 0.717) is 0 Å². The average Bonchev–Trinajstić information content (AvgIpc) is 1.97. The van der Waals surface area contributed by atoms with E-state index in [0.717, 1.165) is 0 Å². The summed E-state index contributed by atoms with van der Waals surface area (Å²) in [7, 11) is 0. The summed E-state index contributed by atoms with van der Waals surface area (Å²) in [4.78, 5) is 30.3. The molecule has 0 saturated carbocycles. The van der Waals surface area contributed by atoms with Crippen molar-refractivity contribution in [1.82, 2.24) is 0 Å². The molecule has 0 rings (SSSR count). The normalized spacial score (nSPS) is 13.5. The van der Waals surface area contributed by atoms with Gasteiger partial charge in [0.05, 0.1) is 5.57 Å². The highest BCUT2D eigenvalue weighted by atomic mass is 16.4. The Labute approximate surface area is 71.5 Å². The summed E-state index contributed by atoms with van der Waals surface area (Å²) in [6, 6.07) is 0. The van der Waals surface area contributed by atoms with Gasteiger partial charge in [-0.3, -0.25) is 0 Å². The van der Waals surface area contributed by atoms with Crippen LogP contribution in [0.4, 0.5) is 0 Å². The molecule has 0 fully saturated rings. The third-order valence-electron chi connectivity index (χ3n) is 1.05. The Morgan fingerprint density at radius 2 is 1.54 bits per heavy atom. The minimum Gasteiger partial charge on any atom is -0.479 e. The average molecular weight is 190 g/mol. The zero-order valence-electron chi connectivity index (χ0n) is 6.17. The molecule has 72 valence electrons. The number of carbonyl (C=O) groups is 3. The Hall–Kier alpha value is -1.89. The highest BCUT2D eigenvalue weighted by molar-refractivity contribution is 6.00. The van der Waals surface area contributed by atoms with Crippen molar-refractivity contribution >= 4 is 17.9 Å². The summed E-state index contributed by atoms with van der Waals surface area (Å²) in [5.74, 6) is -5.26. The van der Waals surface area contributed by atoms with E-state index in [9.17, 15) is 14.4 Å². The smallest absolute Gasteiger partial charge is 0.337 e. The zero-order chi connectivity index (χ0) is 10.6. The Morgan fingerprint density at radius 3 is 1.77 bits per heavy atom. The SMILES string of the molecule is O=C(O)/C=C(\C(=O)O)[C@@H](O)C(=O)O. The standard InChI is InChI=1S/C6H6O7/c7-3(8)1-2(5(10)11)4(9)6(12)13/h1,4,9H,(H,7,8)(H,10,11)(H,12,13)/b2-1-/t4-/m1/s1. The fraction of sp³-hybridized carbons (Fsp3) is 0.167. The summed E-state index contributed by atoms with van der Waals surface area (Å²) >= 11 is 0. The van der Waals surface area contributed by atoms with E-state index in [1.54, 1.807) is 0 Å². The molecule has 0 aliphatic rings. The fourth-order valence-corrected chi connectivity index (χ4v) is 0.524. The Kier molecular flexibility index (Phi) is 3.60. The molecule has 0 spiro atoms. The van der Waals surface area contributed by atoms with Crippen molar-refractivity contribution in [2.45, 2.75) is 6.10 Å². The van der Waals surface area contributed by atoms with Gasteiger partial charge in [0, 0.05) is 6.08 Å². The molecule has 0 aromatic carbocycles. The first-order valence-corrected chi connectivity index (χ1v) is 2.95. The predicted molar refractivity (Wildman–Crippen MR) is 37.0 cm³/mol. The predicted octanol–water partition coefficient (Wildman–Crippen LogP) is -1.47. The van der Waals surface area contributed by atoms with Gasteiger partial charge in [-0.05, 0) is 0 Å². The van der Waals surface area contributed by atoms with Gasteiger partial charge in [-0.1, -0.05) is 0 Å². The molecule has 0 amide bonds. The lowest BCUT2D eigenvalue weighted by molar-refractivity contribution is -0.148. The minimum atomic E-state index is -2.34. The van der Waals surface area contributed by atoms with Crippen LogP contribution in [0.1, 0.15) is 0 Å². The van der Waals surface area contributed by atoms with Gasteiger partial charge < -0.3 is 20.4 Å². The third kappa shape index (κ3) is 3.34. The summed E-state index contributed by atoms with van der Waals surface area (Å²) < 4.78 is 0. The fourth-order valence-electron chi connectivity index (χ4n) is 0.524. The lowest BCUT2D eigenvalue weighted by atomic mass is 10.1. The van der Waals surface area contributed by atoms with Gasteiger partial charge in [0.15, 0.2) is 6.10 Å². The van der Waals surface area contributed by atoms with Crippen molar-refractivity contribution in [1.29, 1.82) is 0 Å². The number of carboxylic acid groups (broad SMARTS) is 3. The molecule has 0 aliphatic heterocycles. The van der Waals surface area contributed by atoms with Crippen LogP contribution in [0.15, 0.2) is 11.6 Å². The summed E-state index contributed by atoms with van der Waals surface area (Å²) in [5.41, 5.74) is -1.10. The van der Waals surface area contributed by atoms with E-state index in [-0.39, 0.29) is 6.08 Å². The maximum Gasteiger partial charge on any atom is 0.337 e. The van der Waals surface area contributed by atoms with E-state index in [1.165, 1.54) is 0 Å². The van der Waals surface area contributed by atoms with E-state index in [2.05, 4.69) is 0 Å². The van der Waals surface area contributed by atoms with Crippen molar-refractivity contribution in [3.05, 3.63) is 11.6 Å². The topological polar surface area (TPSA) is 132 Å². The van der Waals surface area contributed by atoms with Crippen molar-refractivity contribution < 1.29 is 34.8 Å². The van der Waals surface area contributed by atoms with Crippen LogP contribution < -0.4 is 0 Å². The second kappa shape index (κ2) is 4.21. The Morgan fingerprint density at radius 1 is 1.08 bits per heavy atom. The van der Waals surface area contributed by atoms with Crippen LogP contribution >= 0.6 is 0 Å².